The maximum atomic E-state index is 12.6. The maximum Gasteiger partial charge on any atom is 0.423 e. The lowest BCUT2D eigenvalue weighted by Crippen LogP contribution is -2.36. The van der Waals surface area contributed by atoms with Gasteiger partial charge in [-0.25, -0.2) is 38.8 Å². The molecule has 9 aromatic heterocycles. The normalized spacial score (nSPS) is 25.5. The van der Waals surface area contributed by atoms with Crippen molar-refractivity contribution in [3.05, 3.63) is 186 Å². The van der Waals surface area contributed by atoms with Gasteiger partial charge in [0.1, 0.15) is 79.0 Å². The van der Waals surface area contributed by atoms with Crippen molar-refractivity contribution < 1.29 is 94.1 Å². The molecule has 39 nitrogen and oxygen atoms in total. The standard InChI is InChI=1S/C16H16N4O5.C13H15N3O5.C13H14N2O5S.C10H11F3N2O5.C10H13N5O3.FH.H2/c21-7-12-11(22)5-13(25-12)20-6-8(15(23)19-16(20)24)14-17-9-3-1-2-4-10(9)18-14;17-6-10-9(18)4-11(21-10)16-5-7(8-2-1-3-14-8)12(19)15-13(16)20;16-6-9-8(17)4-11(20-9)15-5-7(10-2-1-3-21-10)12(18)14-13(15)19;11-10(12,13)4-2-15(9(19)14-8(4)18)7-1-5(17)6(3-16)20-7;11-9-5-2-14-15(10(5)13-4-12-9)8-1-6(17)7(3-16)18-8;;/h1-4,6,11-13,21-22H,5,7H2,(H,17,18)(H,19,23,24);1-3,5,9-11,14,17-18H,4,6H2,(H,15,19,20);1-3,5,8-9,11,16-17H,4,6H2,(H,14,18,19);2,5-7,16-17H,1,3H2,(H,14,18,19);2,4,6-8,16-17H,1,3H2,(H2,11,12,13);2*1H/t11-,12-,13-;9-,10-,11-;8-,9-,11-;5-,6?,7?;6-,7-,8-;;/m11111../s1/i;;;;;;1+1/hT. The molecule has 44 heteroatoms. The van der Waals surface area contributed by atoms with Crippen LogP contribution in [0.4, 0.5) is 23.7 Å². The van der Waals surface area contributed by atoms with Crippen LogP contribution in [0.15, 0.2) is 136 Å². The fourth-order valence-electron chi connectivity index (χ4n) is 11.9. The van der Waals surface area contributed by atoms with Crippen LogP contribution in [0, 0.1) is 0 Å². The molecule has 15 rings (SSSR count). The van der Waals surface area contributed by atoms with Gasteiger partial charge in [-0.15, -0.1) is 11.3 Å². The third-order valence-corrected chi connectivity index (χ3v) is 18.3. The van der Waals surface area contributed by atoms with E-state index in [2.05, 4.69) is 46.4 Å². The average Bonchev–Trinajstić information content (AvgIpc) is 1.83. The average molecular weight is 1520 g/mol. The van der Waals surface area contributed by atoms with Crippen molar-refractivity contribution in [1.82, 2.24) is 72.9 Å². The number of nitrogens with one attached hydrogen (secondary N) is 6. The van der Waals surface area contributed by atoms with Crippen molar-refractivity contribution in [2.24, 2.45) is 0 Å². The number of thiophene rings is 1. The van der Waals surface area contributed by atoms with E-state index in [1.54, 1.807) is 40.3 Å². The van der Waals surface area contributed by atoms with Gasteiger partial charge in [0.2, 0.25) is 0 Å². The molecule has 5 aliphatic heterocycles. The Kier molecular flexibility index (Phi) is 24.4. The Morgan fingerprint density at radius 1 is 0.547 bits per heavy atom. The molecule has 14 heterocycles. The molecule has 0 saturated carbocycles. The number of aromatic amines is 6. The Bertz CT molecular complexity index is 5010. The van der Waals surface area contributed by atoms with E-state index < -0.39 is 156 Å². The van der Waals surface area contributed by atoms with Gasteiger partial charge in [-0.1, -0.05) is 18.2 Å². The summed E-state index contributed by atoms with van der Waals surface area (Å²) < 4.78 is 83.5. The van der Waals surface area contributed by atoms with E-state index in [9.17, 15) is 82.2 Å². The number of fused-ring (bicyclic) bond motifs is 2. The number of nitrogens with two attached hydrogens (primary N) is 1. The number of halogens is 4. The summed E-state index contributed by atoms with van der Waals surface area (Å²) in [6, 6.07) is 14.4. The van der Waals surface area contributed by atoms with Crippen LogP contribution < -0.4 is 50.7 Å². The predicted molar refractivity (Wildman–Crippen MR) is 361 cm³/mol. The third kappa shape index (κ3) is 17.1. The molecule has 15 atom stereocenters. The molecular formula is C62H72F4N16O23S. The van der Waals surface area contributed by atoms with Crippen LogP contribution in [0.2, 0.25) is 0 Å². The lowest BCUT2D eigenvalue weighted by molar-refractivity contribution is -0.139. The van der Waals surface area contributed by atoms with E-state index in [4.69, 9.17) is 54.6 Å². The van der Waals surface area contributed by atoms with Crippen molar-refractivity contribution in [3.8, 4) is 33.1 Å². The Hall–Kier alpha value is -10.1. The first kappa shape index (κ1) is 77.0. The molecule has 0 bridgehead atoms. The second-order valence-electron chi connectivity index (χ2n) is 24.2. The van der Waals surface area contributed by atoms with E-state index in [1.807, 2.05) is 35.7 Å². The summed E-state index contributed by atoms with van der Waals surface area (Å²) in [6.07, 6.45) is -7.21. The van der Waals surface area contributed by atoms with Gasteiger partial charge in [0.15, 0.2) is 11.9 Å². The Morgan fingerprint density at radius 3 is 1.42 bits per heavy atom. The zero-order chi connectivity index (χ0) is 77.3. The number of hydrogen-bond acceptors (Lipinski definition) is 29. The summed E-state index contributed by atoms with van der Waals surface area (Å²) in [5.74, 6) is 0.678. The van der Waals surface area contributed by atoms with Crippen molar-refractivity contribution in [3.63, 3.8) is 0 Å². The molecule has 0 aliphatic carbocycles. The van der Waals surface area contributed by atoms with Crippen molar-refractivity contribution in [2.75, 3.05) is 38.8 Å². The highest BCUT2D eigenvalue weighted by Crippen LogP contribution is 2.35. The highest BCUT2D eigenvalue weighted by Gasteiger charge is 2.41. The number of aliphatic hydroxyl groups excluding tert-OH is 10. The lowest BCUT2D eigenvalue weighted by Gasteiger charge is -2.16. The van der Waals surface area contributed by atoms with Gasteiger partial charge in [0.05, 0.1) is 109 Å². The van der Waals surface area contributed by atoms with Gasteiger partial charge < -0.3 is 90.5 Å². The van der Waals surface area contributed by atoms with Crippen LogP contribution in [-0.2, 0) is 29.9 Å². The molecule has 2 unspecified atom stereocenters. The highest BCUT2D eigenvalue weighted by molar-refractivity contribution is 7.13. The van der Waals surface area contributed by atoms with Crippen LogP contribution in [0.5, 0.6) is 0 Å². The summed E-state index contributed by atoms with van der Waals surface area (Å²) in [6.45, 7) is -1.78. The van der Waals surface area contributed by atoms with E-state index >= 15 is 0 Å². The van der Waals surface area contributed by atoms with Crippen LogP contribution >= 0.6 is 11.3 Å². The van der Waals surface area contributed by atoms with Crippen molar-refractivity contribution >= 4 is 39.2 Å². The van der Waals surface area contributed by atoms with Gasteiger partial charge in [0, 0.05) is 69.4 Å². The van der Waals surface area contributed by atoms with Gasteiger partial charge in [-0.05, 0) is 35.7 Å². The number of aromatic nitrogens is 15. The lowest BCUT2D eigenvalue weighted by atomic mass is 10.2. The Morgan fingerprint density at radius 2 is 0.981 bits per heavy atom. The van der Waals surface area contributed by atoms with Crippen LogP contribution in [0.1, 0.15) is 70.2 Å². The quantitative estimate of drug-likeness (QED) is 0.0528. The molecule has 10 aromatic rings. The summed E-state index contributed by atoms with van der Waals surface area (Å²) >= 11 is 1.39. The van der Waals surface area contributed by atoms with E-state index in [1.165, 1.54) is 50.0 Å². The minimum absolute atomic E-state index is 0. The number of hydrogen-bond donors (Lipinski definition) is 17. The molecular weight excluding hydrogens is 1440 g/mol. The monoisotopic (exact) mass is 1520 g/mol. The number of nitrogens with zero attached hydrogens (tertiary/aromatic N) is 9. The highest BCUT2D eigenvalue weighted by atomic mass is 32.1. The van der Waals surface area contributed by atoms with Gasteiger partial charge in [-0.2, -0.15) is 18.3 Å². The topological polar surface area (TPSA) is 582 Å². The summed E-state index contributed by atoms with van der Waals surface area (Å²) in [5, 5.41) is 100. The number of ether oxygens (including phenoxy) is 5. The number of nitrogen functional groups attached to an aromatic ring is 1. The largest absolute Gasteiger partial charge is 0.423 e. The van der Waals surface area contributed by atoms with Gasteiger partial charge in [0.25, 0.3) is 23.7 Å². The van der Waals surface area contributed by atoms with Crippen LogP contribution in [0.25, 0.3) is 55.2 Å². The molecule has 1 aromatic carbocycles. The molecule has 572 valence electrons. The van der Waals surface area contributed by atoms with Crippen LogP contribution in [-0.4, -0.2) is 219 Å². The van der Waals surface area contributed by atoms with E-state index in [0.29, 0.717) is 62.2 Å². The molecule has 0 amide bonds. The fraction of sp³-hybridized carbons (Fsp3) is 0.419. The minimum atomic E-state index is -4.92. The number of imidazole rings is 1. The SMILES string of the molecule is Nc1ncnc2c1cnn2[C@H]1C[C@@H](O)[C@@H](CO)O1.O=c1[nH]c(=O)n(C2C[C@@H](O)C(CO)O2)cc1C(F)(F)F.O=c1[nH]c(=O)n([C@H]2C[C@@H](O)[C@@H](CO)O2)cc1-c1ccc[nH]1.O=c1[nH]c(=O)n([C@H]2C[C@@H](O)[C@@H](CO)O2)cc1-c1cccs1.O=c1[nH]c(=O)n([C@H]2C[C@@H](O)[C@@H](CO)O2)cc1-c1nc2ccccc2[nH]1.[2HH].[3H]F. The smallest absolute Gasteiger partial charge is 0.394 e. The molecule has 18 N–H and O–H groups in total. The molecule has 5 saturated heterocycles. The first-order chi connectivity index (χ1) is 51.2. The molecule has 106 heavy (non-hydrogen) atoms. The second-order valence-corrected chi connectivity index (χ2v) is 25.1. The van der Waals surface area contributed by atoms with E-state index in [-0.39, 0.29) is 59.1 Å². The number of alkyl halides is 3. The number of aliphatic hydroxyl groups is 10. The molecule has 5 fully saturated rings. The summed E-state index contributed by atoms with van der Waals surface area (Å²) in [7, 11) is 0. The van der Waals surface area contributed by atoms with Gasteiger partial charge in [-0.3, -0.25) is 62.1 Å². The molecule has 5 aliphatic rings. The maximum absolute atomic E-state index is 12.6. The summed E-state index contributed by atoms with van der Waals surface area (Å²) in [5.41, 5.74) is 1.57. The van der Waals surface area contributed by atoms with Crippen molar-refractivity contribution in [2.45, 2.75) is 130 Å². The summed E-state index contributed by atoms with van der Waals surface area (Å²) in [4.78, 5) is 122. The van der Waals surface area contributed by atoms with Gasteiger partial charge >= 0.3 is 28.9 Å². The van der Waals surface area contributed by atoms with Crippen molar-refractivity contribution in [1.29, 1.82) is 1.45 Å². The molecule has 0 spiro atoms. The number of para-hydroxylation sites is 2. The number of rotatable bonds is 13. The van der Waals surface area contributed by atoms with E-state index in [0.717, 1.165) is 10.4 Å². The Balaban J connectivity index is 0.000000155. The number of anilines is 1. The fourth-order valence-corrected chi connectivity index (χ4v) is 12.6. The third-order valence-electron chi connectivity index (χ3n) is 17.4. The zero-order valence-corrected chi connectivity index (χ0v) is 55.6. The van der Waals surface area contributed by atoms with Crippen LogP contribution in [0.3, 0.4) is 0 Å². The second kappa shape index (κ2) is 33.5. The molecule has 0 radical (unpaired) electrons. The number of benzene rings is 1. The Labute approximate surface area is 594 Å². The number of H-pyrrole nitrogens is 6. The first-order valence-corrected chi connectivity index (χ1v) is 32.9. The first-order valence-electron chi connectivity index (χ1n) is 32.4. The zero-order valence-electron chi connectivity index (χ0n) is 55.8. The predicted octanol–water partition coefficient (Wildman–Crippen LogP) is -2.56. The minimum Gasteiger partial charge on any atom is -0.394 e.